The number of hydrogen-bond acceptors (Lipinski definition) is 5. The second kappa shape index (κ2) is 4.28. The summed E-state index contributed by atoms with van der Waals surface area (Å²) in [5.41, 5.74) is 0.343. The molecule has 0 aromatic carbocycles. The van der Waals surface area contributed by atoms with Crippen molar-refractivity contribution in [3.8, 4) is 0 Å². The van der Waals surface area contributed by atoms with Crippen molar-refractivity contribution < 1.29 is 9.53 Å². The van der Waals surface area contributed by atoms with Crippen LogP contribution in [0.3, 0.4) is 0 Å². The standard InChI is InChI=1S/C12H14N2O3S/c1-7-5-12(2,3)18-11-13-6-8(10(16)17-4)9(15)14(7)11/h5-6H,1-4H3. The summed E-state index contributed by atoms with van der Waals surface area (Å²) in [5, 5.41) is 0.595. The molecular formula is C12H14N2O3S. The van der Waals surface area contributed by atoms with Gasteiger partial charge in [0.2, 0.25) is 0 Å². The summed E-state index contributed by atoms with van der Waals surface area (Å²) in [6.07, 6.45) is 3.26. The van der Waals surface area contributed by atoms with Gasteiger partial charge >= 0.3 is 5.97 Å². The van der Waals surface area contributed by atoms with E-state index in [9.17, 15) is 9.59 Å². The third-order valence-electron chi connectivity index (χ3n) is 2.60. The Bertz CT molecular complexity index is 602. The van der Waals surface area contributed by atoms with Gasteiger partial charge in [0, 0.05) is 10.4 Å². The quantitative estimate of drug-likeness (QED) is 0.572. The average molecular weight is 266 g/mol. The molecule has 0 unspecified atom stereocenters. The van der Waals surface area contributed by atoms with Crippen LogP contribution in [0.25, 0.3) is 5.70 Å². The van der Waals surface area contributed by atoms with Crippen LogP contribution < -0.4 is 5.56 Å². The second-order valence-electron chi connectivity index (χ2n) is 4.58. The summed E-state index contributed by atoms with van der Waals surface area (Å²) in [4.78, 5) is 27.8. The number of methoxy groups -OCH3 is 1. The Kier molecular flexibility index (Phi) is 3.06. The van der Waals surface area contributed by atoms with Crippen molar-refractivity contribution in [1.29, 1.82) is 0 Å². The summed E-state index contributed by atoms with van der Waals surface area (Å²) in [6.45, 7) is 5.92. The molecule has 2 heterocycles. The van der Waals surface area contributed by atoms with Crippen molar-refractivity contribution in [2.24, 2.45) is 0 Å². The fraction of sp³-hybridized carbons (Fsp3) is 0.417. The maximum atomic E-state index is 12.2. The number of thioether (sulfide) groups is 1. The molecule has 1 aliphatic rings. The van der Waals surface area contributed by atoms with E-state index < -0.39 is 5.97 Å². The van der Waals surface area contributed by atoms with Crippen LogP contribution in [-0.2, 0) is 4.74 Å². The lowest BCUT2D eigenvalue weighted by atomic mass is 10.1. The summed E-state index contributed by atoms with van der Waals surface area (Å²) in [7, 11) is 1.24. The van der Waals surface area contributed by atoms with Gasteiger partial charge in [-0.25, -0.2) is 9.78 Å². The lowest BCUT2D eigenvalue weighted by Crippen LogP contribution is -2.32. The van der Waals surface area contributed by atoms with Crippen LogP contribution in [-0.4, -0.2) is 27.4 Å². The van der Waals surface area contributed by atoms with Crippen molar-refractivity contribution >= 4 is 23.4 Å². The van der Waals surface area contributed by atoms with Gasteiger partial charge in [0.25, 0.3) is 5.56 Å². The Morgan fingerprint density at radius 1 is 1.50 bits per heavy atom. The molecule has 1 aromatic rings. The number of allylic oxidation sites excluding steroid dienone is 1. The zero-order valence-corrected chi connectivity index (χ0v) is 11.5. The zero-order chi connectivity index (χ0) is 13.5. The minimum atomic E-state index is -0.662. The first-order valence-corrected chi connectivity index (χ1v) is 6.26. The van der Waals surface area contributed by atoms with E-state index in [-0.39, 0.29) is 15.9 Å². The molecule has 0 radical (unpaired) electrons. The number of hydrogen-bond donors (Lipinski definition) is 0. The number of nitrogens with zero attached hydrogens (tertiary/aromatic N) is 2. The van der Waals surface area contributed by atoms with E-state index in [1.165, 1.54) is 29.6 Å². The minimum absolute atomic E-state index is 0.0469. The van der Waals surface area contributed by atoms with Crippen LogP contribution >= 0.6 is 11.8 Å². The Morgan fingerprint density at radius 2 is 2.17 bits per heavy atom. The van der Waals surface area contributed by atoms with E-state index in [1.807, 2.05) is 26.8 Å². The highest BCUT2D eigenvalue weighted by atomic mass is 32.2. The maximum Gasteiger partial charge on any atom is 0.345 e. The molecule has 0 N–H and O–H groups in total. The lowest BCUT2D eigenvalue weighted by Gasteiger charge is -2.27. The number of aromatic nitrogens is 2. The van der Waals surface area contributed by atoms with Gasteiger partial charge in [-0.3, -0.25) is 9.36 Å². The third-order valence-corrected chi connectivity index (χ3v) is 3.71. The van der Waals surface area contributed by atoms with E-state index in [2.05, 4.69) is 9.72 Å². The van der Waals surface area contributed by atoms with Crippen molar-refractivity contribution in [3.63, 3.8) is 0 Å². The van der Waals surface area contributed by atoms with Gasteiger partial charge in [0.15, 0.2) is 5.16 Å². The van der Waals surface area contributed by atoms with Crippen molar-refractivity contribution in [3.05, 3.63) is 28.2 Å². The second-order valence-corrected chi connectivity index (χ2v) is 6.20. The molecule has 0 aliphatic carbocycles. The molecule has 1 aromatic heterocycles. The van der Waals surface area contributed by atoms with Crippen LogP contribution in [0.5, 0.6) is 0 Å². The summed E-state index contributed by atoms with van der Waals surface area (Å²) in [5.74, 6) is -0.662. The zero-order valence-electron chi connectivity index (χ0n) is 10.7. The Balaban J connectivity index is 2.65. The van der Waals surface area contributed by atoms with E-state index in [1.54, 1.807) is 0 Å². The highest BCUT2D eigenvalue weighted by Crippen LogP contribution is 2.37. The van der Waals surface area contributed by atoms with E-state index in [0.717, 1.165) is 5.70 Å². The molecular weight excluding hydrogens is 252 g/mol. The maximum absolute atomic E-state index is 12.2. The van der Waals surface area contributed by atoms with E-state index >= 15 is 0 Å². The topological polar surface area (TPSA) is 61.2 Å². The number of carbonyl (C=O) groups excluding carboxylic acids is 1. The Labute approximate surface area is 109 Å². The molecule has 0 amide bonds. The fourth-order valence-electron chi connectivity index (χ4n) is 1.91. The molecule has 0 fully saturated rings. The highest BCUT2D eigenvalue weighted by molar-refractivity contribution is 8.00. The van der Waals surface area contributed by atoms with Crippen LogP contribution in [0.1, 0.15) is 31.1 Å². The van der Waals surface area contributed by atoms with Crippen molar-refractivity contribution in [2.75, 3.05) is 7.11 Å². The largest absolute Gasteiger partial charge is 0.465 e. The summed E-state index contributed by atoms with van der Waals surface area (Å²) < 4.78 is 5.90. The van der Waals surface area contributed by atoms with E-state index in [4.69, 9.17) is 0 Å². The smallest absolute Gasteiger partial charge is 0.345 e. The molecule has 1 aliphatic heterocycles. The van der Waals surface area contributed by atoms with Crippen molar-refractivity contribution in [1.82, 2.24) is 9.55 Å². The molecule has 96 valence electrons. The molecule has 0 spiro atoms. The minimum Gasteiger partial charge on any atom is -0.465 e. The number of carbonyl (C=O) groups is 1. The number of esters is 1. The van der Waals surface area contributed by atoms with Crippen molar-refractivity contribution in [2.45, 2.75) is 30.7 Å². The Hall–Kier alpha value is -1.56. The van der Waals surface area contributed by atoms with Gasteiger partial charge in [0.1, 0.15) is 5.56 Å². The fourth-order valence-corrected chi connectivity index (χ4v) is 3.03. The summed E-state index contributed by atoms with van der Waals surface area (Å²) in [6, 6.07) is 0. The first kappa shape index (κ1) is 12.9. The molecule has 18 heavy (non-hydrogen) atoms. The molecule has 2 rings (SSSR count). The molecule has 0 bridgehead atoms. The van der Waals surface area contributed by atoms with E-state index in [0.29, 0.717) is 5.16 Å². The van der Waals surface area contributed by atoms with Gasteiger partial charge in [0.05, 0.1) is 13.3 Å². The van der Waals surface area contributed by atoms with Crippen LogP contribution in [0.2, 0.25) is 0 Å². The predicted octanol–water partition coefficient (Wildman–Crippen LogP) is 1.77. The number of rotatable bonds is 1. The average Bonchev–Trinajstić information content (AvgIpc) is 2.26. The highest BCUT2D eigenvalue weighted by Gasteiger charge is 2.28. The first-order chi connectivity index (χ1) is 8.35. The molecule has 0 atom stereocenters. The molecule has 6 heteroatoms. The van der Waals surface area contributed by atoms with Crippen LogP contribution in [0.4, 0.5) is 0 Å². The van der Waals surface area contributed by atoms with Gasteiger partial charge < -0.3 is 4.74 Å². The normalized spacial score (nSPS) is 16.8. The molecule has 0 saturated carbocycles. The molecule has 5 nitrogen and oxygen atoms in total. The first-order valence-electron chi connectivity index (χ1n) is 5.45. The number of fused-ring (bicyclic) bond motifs is 1. The monoisotopic (exact) mass is 266 g/mol. The van der Waals surface area contributed by atoms with Crippen LogP contribution in [0.15, 0.2) is 22.2 Å². The van der Waals surface area contributed by atoms with Gasteiger partial charge in [-0.2, -0.15) is 0 Å². The van der Waals surface area contributed by atoms with Gasteiger partial charge in [-0.15, -0.1) is 0 Å². The SMILES string of the molecule is COC(=O)c1cnc2n(c1=O)C(C)=CC(C)(C)S2. The van der Waals surface area contributed by atoms with Gasteiger partial charge in [-0.1, -0.05) is 11.8 Å². The number of ether oxygens (including phenoxy) is 1. The van der Waals surface area contributed by atoms with Gasteiger partial charge in [-0.05, 0) is 26.8 Å². The summed E-state index contributed by atoms with van der Waals surface area (Å²) >= 11 is 1.48. The Morgan fingerprint density at radius 3 is 2.78 bits per heavy atom. The lowest BCUT2D eigenvalue weighted by molar-refractivity contribution is 0.0597. The predicted molar refractivity (Wildman–Crippen MR) is 69.7 cm³/mol. The molecule has 0 saturated heterocycles. The van der Waals surface area contributed by atoms with Crippen LogP contribution in [0, 0.1) is 0 Å². The third kappa shape index (κ3) is 2.08.